The molecule has 3 aromatic rings. The fourth-order valence-corrected chi connectivity index (χ4v) is 2.14. The molecule has 0 aliphatic rings. The molecule has 0 aliphatic heterocycles. The van der Waals surface area contributed by atoms with Crippen molar-refractivity contribution in [3.05, 3.63) is 90.7 Å². The van der Waals surface area contributed by atoms with Crippen LogP contribution in [-0.4, -0.2) is 23.1 Å². The number of rotatable bonds is 3. The second-order valence-corrected chi connectivity index (χ2v) is 4.40. The van der Waals surface area contributed by atoms with E-state index in [1.165, 1.54) is 12.1 Å². The van der Waals surface area contributed by atoms with Crippen LogP contribution in [0.15, 0.2) is 78.9 Å². The predicted octanol–water partition coefficient (Wildman–Crippen LogP) is 1.72. The number of halogens is 2. The Bertz CT molecular complexity index is 652. The summed E-state index contributed by atoms with van der Waals surface area (Å²) in [5.74, 6) is -0.268. The largest absolute Gasteiger partial charge is 2.00 e. The van der Waals surface area contributed by atoms with E-state index in [0.717, 1.165) is 11.4 Å². The van der Waals surface area contributed by atoms with Gasteiger partial charge >= 0.3 is 23.1 Å². The molecule has 0 aliphatic carbocycles. The first-order valence-corrected chi connectivity index (χ1v) is 6.42. The molecule has 0 saturated carbocycles. The normalized spacial score (nSPS) is 9.32. The molecule has 0 fully saturated rings. The molecule has 4 heteroatoms. The molecule has 1 nitrogen and oxygen atoms in total. The first-order chi connectivity index (χ1) is 9.84. The van der Waals surface area contributed by atoms with Crippen LogP contribution in [0.25, 0.3) is 0 Å². The molecule has 3 rings (SSSR count). The average molecular weight is 367 g/mol. The van der Waals surface area contributed by atoms with Gasteiger partial charge in [0.15, 0.2) is 0 Å². The van der Waals surface area contributed by atoms with Crippen molar-refractivity contribution in [1.29, 1.82) is 0 Å². The zero-order valence-electron chi connectivity index (χ0n) is 11.9. The number of nitrogens with zero attached hydrogens (tertiary/aromatic N) is 1. The Kier molecular flexibility index (Phi) is 7.58. The molecule has 0 radical (unpaired) electrons. The van der Waals surface area contributed by atoms with Crippen molar-refractivity contribution in [2.24, 2.45) is 0 Å². The van der Waals surface area contributed by atoms with Gasteiger partial charge in [-0.3, -0.25) is 0 Å². The van der Waals surface area contributed by atoms with Crippen LogP contribution in [0.4, 0.5) is 21.5 Å². The van der Waals surface area contributed by atoms with Crippen molar-refractivity contribution in [3.8, 4) is 0 Å². The van der Waals surface area contributed by atoms with Crippen LogP contribution < -0.4 is 21.9 Å². The van der Waals surface area contributed by atoms with E-state index < -0.39 is 0 Å². The van der Waals surface area contributed by atoms with E-state index >= 15 is 0 Å². The van der Waals surface area contributed by atoms with Crippen molar-refractivity contribution < 1.29 is 21.4 Å². The minimum atomic E-state index is -0.268. The van der Waals surface area contributed by atoms with Gasteiger partial charge in [0.25, 0.3) is 0 Å². The van der Waals surface area contributed by atoms with Crippen LogP contribution >= 0.6 is 0 Å². The van der Waals surface area contributed by atoms with Crippen LogP contribution in [-0.2, 0) is 0 Å². The van der Waals surface area contributed by atoms with Gasteiger partial charge in [0, 0.05) is 17.2 Å². The quantitative estimate of drug-likeness (QED) is 0.504. The molecule has 3 aromatic carbocycles. The molecular formula is C18H13BrFMgN. The Hall–Kier alpha value is -1.36. The number of hydrogen-bond donors (Lipinski definition) is 0. The molecule has 0 bridgehead atoms. The molecule has 0 amide bonds. The van der Waals surface area contributed by atoms with E-state index in [0.29, 0.717) is 5.69 Å². The summed E-state index contributed by atoms with van der Waals surface area (Å²) in [6, 6.07) is 27.3. The maximum Gasteiger partial charge on any atom is 2.00 e. The number of para-hydroxylation sites is 2. The van der Waals surface area contributed by atoms with E-state index in [-0.39, 0.29) is 45.9 Å². The standard InChI is InChI=1S/C18H13FN.BrH.Mg/c19-15-8-7-13-18(14-15)20(16-9-3-1-4-10-16)17-11-5-2-6-12-17;;/h1-12,14H;1H;/q-1;;+2/p-1. The van der Waals surface area contributed by atoms with E-state index in [1.807, 2.05) is 65.6 Å². The van der Waals surface area contributed by atoms with E-state index in [4.69, 9.17) is 0 Å². The summed E-state index contributed by atoms with van der Waals surface area (Å²) in [7, 11) is 0. The fourth-order valence-electron chi connectivity index (χ4n) is 2.14. The summed E-state index contributed by atoms with van der Waals surface area (Å²) in [5, 5.41) is 0. The zero-order valence-corrected chi connectivity index (χ0v) is 14.9. The van der Waals surface area contributed by atoms with Crippen LogP contribution in [0.3, 0.4) is 0 Å². The van der Waals surface area contributed by atoms with E-state index in [1.54, 1.807) is 6.07 Å². The van der Waals surface area contributed by atoms with Gasteiger partial charge in [-0.15, -0.1) is 12.1 Å². The maximum atomic E-state index is 13.5. The van der Waals surface area contributed by atoms with Gasteiger partial charge in [0.2, 0.25) is 0 Å². The van der Waals surface area contributed by atoms with Gasteiger partial charge in [-0.25, -0.2) is 4.39 Å². The Morgan fingerprint density at radius 1 is 0.773 bits per heavy atom. The molecule has 0 aromatic heterocycles. The second-order valence-electron chi connectivity index (χ2n) is 4.40. The molecule has 0 spiro atoms. The van der Waals surface area contributed by atoms with Crippen molar-refractivity contribution >= 4 is 40.1 Å². The molecule has 106 valence electrons. The van der Waals surface area contributed by atoms with Gasteiger partial charge in [-0.2, -0.15) is 12.1 Å². The minimum Gasteiger partial charge on any atom is -1.00 e. The molecule has 0 heterocycles. The smallest absolute Gasteiger partial charge is 1.00 e. The van der Waals surface area contributed by atoms with E-state index in [9.17, 15) is 4.39 Å². The Morgan fingerprint density at radius 2 is 1.27 bits per heavy atom. The van der Waals surface area contributed by atoms with Gasteiger partial charge in [-0.05, 0) is 24.3 Å². The van der Waals surface area contributed by atoms with Crippen LogP contribution in [0, 0.1) is 11.9 Å². The third-order valence-electron chi connectivity index (χ3n) is 3.02. The van der Waals surface area contributed by atoms with Gasteiger partial charge in [0.1, 0.15) is 0 Å². The predicted molar refractivity (Wildman–Crippen MR) is 85.7 cm³/mol. The molecule has 0 unspecified atom stereocenters. The monoisotopic (exact) mass is 365 g/mol. The first kappa shape index (κ1) is 18.7. The van der Waals surface area contributed by atoms with Crippen LogP contribution in [0.2, 0.25) is 0 Å². The number of benzene rings is 3. The zero-order chi connectivity index (χ0) is 13.8. The van der Waals surface area contributed by atoms with Crippen LogP contribution in [0.5, 0.6) is 0 Å². The third kappa shape index (κ3) is 4.32. The SMILES string of the molecule is Fc1cc[c-]c(N(c2ccccc2)c2ccccc2)c1.[Br-].[Mg+2]. The summed E-state index contributed by atoms with van der Waals surface area (Å²) in [6.45, 7) is 0. The topological polar surface area (TPSA) is 3.24 Å². The van der Waals surface area contributed by atoms with Gasteiger partial charge in [0.05, 0.1) is 0 Å². The van der Waals surface area contributed by atoms with Crippen molar-refractivity contribution in [1.82, 2.24) is 0 Å². The first-order valence-electron chi connectivity index (χ1n) is 6.42. The Labute approximate surface area is 156 Å². The van der Waals surface area contributed by atoms with Crippen molar-refractivity contribution in [3.63, 3.8) is 0 Å². The van der Waals surface area contributed by atoms with Crippen LogP contribution in [0.1, 0.15) is 0 Å². The fraction of sp³-hybridized carbons (Fsp3) is 0. The van der Waals surface area contributed by atoms with Crippen molar-refractivity contribution in [2.45, 2.75) is 0 Å². The summed E-state index contributed by atoms with van der Waals surface area (Å²) >= 11 is 0. The van der Waals surface area contributed by atoms with Gasteiger partial charge in [-0.1, -0.05) is 42.1 Å². The third-order valence-corrected chi connectivity index (χ3v) is 3.02. The molecule has 22 heavy (non-hydrogen) atoms. The summed E-state index contributed by atoms with van der Waals surface area (Å²) < 4.78 is 13.5. The second kappa shape index (κ2) is 8.93. The van der Waals surface area contributed by atoms with Gasteiger partial charge < -0.3 is 21.9 Å². The summed E-state index contributed by atoms with van der Waals surface area (Å²) in [4.78, 5) is 1.98. The molecule has 0 saturated heterocycles. The number of anilines is 3. The summed E-state index contributed by atoms with van der Waals surface area (Å²) in [5.41, 5.74) is 2.63. The molecule has 0 N–H and O–H groups in total. The Morgan fingerprint density at radius 3 is 1.73 bits per heavy atom. The van der Waals surface area contributed by atoms with E-state index in [2.05, 4.69) is 6.07 Å². The van der Waals surface area contributed by atoms with Crippen molar-refractivity contribution in [2.75, 3.05) is 4.90 Å². The average Bonchev–Trinajstić information content (AvgIpc) is 2.50. The Balaban J connectivity index is 0.00000121. The summed E-state index contributed by atoms with van der Waals surface area (Å²) in [6.07, 6.45) is 0. The molecular weight excluding hydrogens is 353 g/mol. The maximum absolute atomic E-state index is 13.5. The molecule has 0 atom stereocenters. The minimum absolute atomic E-state index is 0. The number of hydrogen-bond acceptors (Lipinski definition) is 1.